The van der Waals surface area contributed by atoms with Gasteiger partial charge in [0.05, 0.1) is 17.3 Å². The number of rotatable bonds is 1. The smallest absolute Gasteiger partial charge is 0.256 e. The van der Waals surface area contributed by atoms with Crippen LogP contribution in [0.3, 0.4) is 0 Å². The maximum absolute atomic E-state index is 12.8. The zero-order chi connectivity index (χ0) is 14.2. The van der Waals surface area contributed by atoms with Crippen LogP contribution < -0.4 is 5.32 Å². The van der Waals surface area contributed by atoms with Gasteiger partial charge in [0, 0.05) is 18.5 Å². The molecule has 1 amide bonds. The Balaban J connectivity index is 0.00000144. The Hall–Kier alpha value is -1.59. The maximum atomic E-state index is 12.8. The number of amides is 1. The van der Waals surface area contributed by atoms with E-state index in [1.807, 2.05) is 23.1 Å². The fourth-order valence-electron chi connectivity index (χ4n) is 3.74. The number of fused-ring (bicyclic) bond motifs is 2. The average molecular weight is 321 g/mol. The van der Waals surface area contributed by atoms with Gasteiger partial charge in [-0.05, 0) is 43.8 Å². The average Bonchev–Trinajstić information content (AvgIpc) is 3.11. The van der Waals surface area contributed by atoms with Crippen LogP contribution in [-0.4, -0.2) is 47.2 Å². The lowest BCUT2D eigenvalue weighted by Crippen LogP contribution is -2.32. The number of para-hydroxylation sites is 1. The molecule has 3 heterocycles. The topological polar surface area (TPSA) is 61.0 Å². The van der Waals surface area contributed by atoms with Crippen molar-refractivity contribution in [2.75, 3.05) is 26.2 Å². The van der Waals surface area contributed by atoms with E-state index in [0.717, 1.165) is 67.3 Å². The number of halogens is 1. The predicted molar refractivity (Wildman–Crippen MR) is 88.3 cm³/mol. The van der Waals surface area contributed by atoms with Crippen molar-refractivity contribution in [3.63, 3.8) is 0 Å². The number of hydrogen-bond acceptors (Lipinski definition) is 3. The molecule has 1 aromatic carbocycles. The van der Waals surface area contributed by atoms with Crippen LogP contribution in [0.15, 0.2) is 24.4 Å². The molecule has 0 aliphatic carbocycles. The minimum absolute atomic E-state index is 0. The van der Waals surface area contributed by atoms with Gasteiger partial charge in [0.15, 0.2) is 0 Å². The number of carbonyl (C=O) groups is 1. The number of likely N-dealkylation sites (tertiary alicyclic amines) is 1. The van der Waals surface area contributed by atoms with Crippen LogP contribution in [0.1, 0.15) is 23.2 Å². The molecule has 2 aliphatic heterocycles. The van der Waals surface area contributed by atoms with Gasteiger partial charge < -0.3 is 10.2 Å². The van der Waals surface area contributed by atoms with Crippen molar-refractivity contribution in [1.82, 2.24) is 20.4 Å². The maximum Gasteiger partial charge on any atom is 0.256 e. The van der Waals surface area contributed by atoms with E-state index in [0.29, 0.717) is 0 Å². The highest BCUT2D eigenvalue weighted by atomic mass is 35.5. The van der Waals surface area contributed by atoms with Crippen LogP contribution in [0.4, 0.5) is 0 Å². The van der Waals surface area contributed by atoms with Crippen LogP contribution in [0, 0.1) is 11.8 Å². The zero-order valence-corrected chi connectivity index (χ0v) is 13.2. The number of carbonyl (C=O) groups excluding carboxylic acids is 1. The highest BCUT2D eigenvalue weighted by molar-refractivity contribution is 6.05. The Labute approximate surface area is 135 Å². The summed E-state index contributed by atoms with van der Waals surface area (Å²) in [4.78, 5) is 14.9. The summed E-state index contributed by atoms with van der Waals surface area (Å²) < 4.78 is 0. The number of benzene rings is 1. The van der Waals surface area contributed by atoms with E-state index in [-0.39, 0.29) is 18.3 Å². The van der Waals surface area contributed by atoms with Crippen LogP contribution in [0.2, 0.25) is 0 Å². The first-order chi connectivity index (χ1) is 10.3. The number of H-pyrrole nitrogens is 1. The fraction of sp³-hybridized carbons (Fsp3) is 0.500. The molecule has 2 atom stereocenters. The Morgan fingerprint density at radius 2 is 1.91 bits per heavy atom. The normalized spacial score (nSPS) is 24.6. The molecule has 4 rings (SSSR count). The fourth-order valence-corrected chi connectivity index (χ4v) is 3.74. The molecule has 5 nitrogen and oxygen atoms in total. The van der Waals surface area contributed by atoms with Crippen molar-refractivity contribution in [2.45, 2.75) is 12.8 Å². The molecule has 2 saturated heterocycles. The third kappa shape index (κ3) is 2.59. The van der Waals surface area contributed by atoms with Crippen molar-refractivity contribution in [3.05, 3.63) is 30.0 Å². The van der Waals surface area contributed by atoms with E-state index in [4.69, 9.17) is 0 Å². The SMILES string of the molecule is Cl.O=C(c1cccc2cn[nH]c12)N1CC[C@@H]2CNC[C@@H]2CC1. The summed E-state index contributed by atoms with van der Waals surface area (Å²) in [5.41, 5.74) is 1.60. The minimum atomic E-state index is 0. The van der Waals surface area contributed by atoms with Gasteiger partial charge >= 0.3 is 0 Å². The monoisotopic (exact) mass is 320 g/mol. The summed E-state index contributed by atoms with van der Waals surface area (Å²) in [5, 5.41) is 11.5. The lowest BCUT2D eigenvalue weighted by Gasteiger charge is -2.21. The molecule has 0 unspecified atom stereocenters. The minimum Gasteiger partial charge on any atom is -0.339 e. The summed E-state index contributed by atoms with van der Waals surface area (Å²) in [5.74, 6) is 1.62. The Morgan fingerprint density at radius 1 is 1.18 bits per heavy atom. The number of nitrogens with one attached hydrogen (secondary N) is 2. The van der Waals surface area contributed by atoms with Crippen molar-refractivity contribution in [1.29, 1.82) is 0 Å². The second kappa shape index (κ2) is 6.26. The highest BCUT2D eigenvalue weighted by Gasteiger charge is 2.32. The summed E-state index contributed by atoms with van der Waals surface area (Å²) >= 11 is 0. The van der Waals surface area contributed by atoms with E-state index in [1.54, 1.807) is 6.20 Å². The van der Waals surface area contributed by atoms with Gasteiger partial charge in [0.1, 0.15) is 0 Å². The molecule has 0 radical (unpaired) electrons. The molecule has 2 aromatic rings. The summed E-state index contributed by atoms with van der Waals surface area (Å²) in [6.45, 7) is 3.96. The van der Waals surface area contributed by atoms with Crippen LogP contribution in [0.25, 0.3) is 10.9 Å². The number of aromatic amines is 1. The Bertz CT molecular complexity index is 657. The van der Waals surface area contributed by atoms with Crippen molar-refractivity contribution < 1.29 is 4.79 Å². The van der Waals surface area contributed by atoms with Crippen molar-refractivity contribution >= 4 is 29.2 Å². The number of nitrogens with zero attached hydrogens (tertiary/aromatic N) is 2. The highest BCUT2D eigenvalue weighted by Crippen LogP contribution is 2.28. The molecule has 6 heteroatoms. The molecule has 22 heavy (non-hydrogen) atoms. The standard InChI is InChI=1S/C16H20N4O.ClH/c21-16(14-3-1-2-13-10-18-19-15(13)14)20-6-4-11-8-17-9-12(11)5-7-20;/h1-3,10-12,17H,4-9H2,(H,18,19);1H/t11-,12+;. The second-order valence-electron chi connectivity index (χ2n) is 6.19. The molecule has 0 bridgehead atoms. The first-order valence-corrected chi connectivity index (χ1v) is 7.75. The third-order valence-electron chi connectivity index (χ3n) is 5.01. The van der Waals surface area contributed by atoms with E-state index >= 15 is 0 Å². The number of hydrogen-bond donors (Lipinski definition) is 2. The van der Waals surface area contributed by atoms with E-state index in [2.05, 4.69) is 15.5 Å². The molecule has 2 aliphatic rings. The molecule has 0 spiro atoms. The van der Waals surface area contributed by atoms with Gasteiger partial charge in [0.25, 0.3) is 5.91 Å². The van der Waals surface area contributed by atoms with E-state index < -0.39 is 0 Å². The first kappa shape index (κ1) is 15.3. The summed E-state index contributed by atoms with van der Waals surface area (Å²) in [7, 11) is 0. The predicted octanol–water partition coefficient (Wildman–Crippen LogP) is 2.06. The molecule has 0 saturated carbocycles. The van der Waals surface area contributed by atoms with Gasteiger partial charge in [0.2, 0.25) is 0 Å². The molecular weight excluding hydrogens is 300 g/mol. The van der Waals surface area contributed by atoms with Gasteiger partial charge in [-0.2, -0.15) is 5.10 Å². The van der Waals surface area contributed by atoms with Gasteiger partial charge in [-0.1, -0.05) is 12.1 Å². The Kier molecular flexibility index (Phi) is 4.36. The molecule has 2 N–H and O–H groups in total. The lowest BCUT2D eigenvalue weighted by molar-refractivity contribution is 0.0760. The third-order valence-corrected chi connectivity index (χ3v) is 5.01. The second-order valence-corrected chi connectivity index (χ2v) is 6.19. The first-order valence-electron chi connectivity index (χ1n) is 7.75. The molecule has 118 valence electrons. The van der Waals surface area contributed by atoms with Crippen molar-refractivity contribution in [3.8, 4) is 0 Å². The van der Waals surface area contributed by atoms with E-state index in [9.17, 15) is 4.79 Å². The van der Waals surface area contributed by atoms with E-state index in [1.165, 1.54) is 0 Å². The summed E-state index contributed by atoms with van der Waals surface area (Å²) in [6, 6.07) is 5.81. The molecule has 1 aromatic heterocycles. The quantitative estimate of drug-likeness (QED) is 0.845. The van der Waals surface area contributed by atoms with Crippen LogP contribution >= 0.6 is 12.4 Å². The summed E-state index contributed by atoms with van der Waals surface area (Å²) in [6.07, 6.45) is 4.00. The zero-order valence-electron chi connectivity index (χ0n) is 12.4. The molecule has 2 fully saturated rings. The van der Waals surface area contributed by atoms with Crippen LogP contribution in [0.5, 0.6) is 0 Å². The lowest BCUT2D eigenvalue weighted by atomic mass is 9.92. The van der Waals surface area contributed by atoms with Crippen molar-refractivity contribution in [2.24, 2.45) is 11.8 Å². The van der Waals surface area contributed by atoms with Gasteiger partial charge in [-0.15, -0.1) is 12.4 Å². The van der Waals surface area contributed by atoms with Gasteiger partial charge in [-0.3, -0.25) is 9.89 Å². The van der Waals surface area contributed by atoms with Gasteiger partial charge in [-0.25, -0.2) is 0 Å². The van der Waals surface area contributed by atoms with Crippen LogP contribution in [-0.2, 0) is 0 Å². The Morgan fingerprint density at radius 3 is 2.64 bits per heavy atom. The largest absolute Gasteiger partial charge is 0.339 e. The number of aromatic nitrogens is 2. The molecular formula is C16H21ClN4O.